The molecular formula is C20H28N2O3. The number of likely N-dealkylation sites (tertiary alicyclic amines) is 2. The maximum absolute atomic E-state index is 12.6. The number of carbonyl (C=O) groups is 1. The first kappa shape index (κ1) is 17.0. The van der Waals surface area contributed by atoms with Gasteiger partial charge in [-0.05, 0) is 43.2 Å². The number of carbonyl (C=O) groups excluding carboxylic acids is 1. The van der Waals surface area contributed by atoms with Crippen LogP contribution in [0.2, 0.25) is 0 Å². The van der Waals surface area contributed by atoms with Gasteiger partial charge in [0.1, 0.15) is 0 Å². The minimum atomic E-state index is -0.164. The van der Waals surface area contributed by atoms with Crippen molar-refractivity contribution in [3.63, 3.8) is 0 Å². The van der Waals surface area contributed by atoms with Crippen molar-refractivity contribution in [3.05, 3.63) is 35.9 Å². The van der Waals surface area contributed by atoms with E-state index >= 15 is 0 Å². The zero-order valence-corrected chi connectivity index (χ0v) is 14.8. The highest BCUT2D eigenvalue weighted by Gasteiger charge is 2.43. The molecular weight excluding hydrogens is 316 g/mol. The molecule has 0 aromatic heterocycles. The van der Waals surface area contributed by atoms with Gasteiger partial charge in [-0.3, -0.25) is 9.69 Å². The highest BCUT2D eigenvalue weighted by atomic mass is 16.5. The molecule has 3 aliphatic rings. The SMILES string of the molecule is O=C(c1ccccc1)N1CCC2(CC1)CO[C@@H](CN1CC[C@H](O)C1)C2. The number of aliphatic hydroxyl groups is 1. The lowest BCUT2D eigenvalue weighted by atomic mass is 9.76. The first-order valence-corrected chi connectivity index (χ1v) is 9.50. The van der Waals surface area contributed by atoms with Gasteiger partial charge in [0.2, 0.25) is 0 Å². The van der Waals surface area contributed by atoms with Crippen molar-refractivity contribution in [2.75, 3.05) is 39.3 Å². The number of ether oxygens (including phenoxy) is 1. The van der Waals surface area contributed by atoms with Gasteiger partial charge in [-0.2, -0.15) is 0 Å². The van der Waals surface area contributed by atoms with Gasteiger partial charge in [0.25, 0.3) is 5.91 Å². The molecule has 0 bridgehead atoms. The number of rotatable bonds is 3. The molecule has 3 saturated heterocycles. The molecule has 0 saturated carbocycles. The molecule has 1 amide bonds. The largest absolute Gasteiger partial charge is 0.392 e. The van der Waals surface area contributed by atoms with Gasteiger partial charge in [0, 0.05) is 38.3 Å². The summed E-state index contributed by atoms with van der Waals surface area (Å²) in [5.41, 5.74) is 1.03. The number of hydrogen-bond acceptors (Lipinski definition) is 4. The van der Waals surface area contributed by atoms with E-state index in [1.54, 1.807) is 0 Å². The number of hydrogen-bond donors (Lipinski definition) is 1. The van der Waals surface area contributed by atoms with Crippen LogP contribution >= 0.6 is 0 Å². The second kappa shape index (κ2) is 7.06. The van der Waals surface area contributed by atoms with Crippen LogP contribution in [0.4, 0.5) is 0 Å². The Kier molecular flexibility index (Phi) is 4.80. The van der Waals surface area contributed by atoms with E-state index in [9.17, 15) is 9.90 Å². The van der Waals surface area contributed by atoms with Crippen LogP contribution in [0, 0.1) is 5.41 Å². The van der Waals surface area contributed by atoms with Gasteiger partial charge in [-0.25, -0.2) is 0 Å². The van der Waals surface area contributed by atoms with Crippen LogP contribution in [0.1, 0.15) is 36.0 Å². The van der Waals surface area contributed by atoms with Crippen LogP contribution in [-0.2, 0) is 4.74 Å². The van der Waals surface area contributed by atoms with Crippen LogP contribution in [0.5, 0.6) is 0 Å². The lowest BCUT2D eigenvalue weighted by molar-refractivity contribution is 0.0451. The molecule has 1 spiro atoms. The summed E-state index contributed by atoms with van der Waals surface area (Å²) in [7, 11) is 0. The fraction of sp³-hybridized carbons (Fsp3) is 0.650. The highest BCUT2D eigenvalue weighted by molar-refractivity contribution is 5.94. The number of β-amino-alcohol motifs (C(OH)–C–C–N with tert-alkyl or cyclic N) is 1. The summed E-state index contributed by atoms with van der Waals surface area (Å²) in [5.74, 6) is 0.150. The summed E-state index contributed by atoms with van der Waals surface area (Å²) in [6.45, 7) is 5.17. The minimum Gasteiger partial charge on any atom is -0.392 e. The van der Waals surface area contributed by atoms with Gasteiger partial charge in [0.05, 0.1) is 18.8 Å². The van der Waals surface area contributed by atoms with E-state index < -0.39 is 0 Å². The minimum absolute atomic E-state index is 0.150. The first-order valence-electron chi connectivity index (χ1n) is 9.50. The summed E-state index contributed by atoms with van der Waals surface area (Å²) in [6, 6.07) is 9.57. The van der Waals surface area contributed by atoms with E-state index in [0.29, 0.717) is 0 Å². The van der Waals surface area contributed by atoms with Crippen LogP contribution in [0.25, 0.3) is 0 Å². The first-order chi connectivity index (χ1) is 12.1. The maximum atomic E-state index is 12.6. The van der Waals surface area contributed by atoms with Crippen LogP contribution in [0.3, 0.4) is 0 Å². The number of benzene rings is 1. The Balaban J connectivity index is 1.29. The molecule has 3 aliphatic heterocycles. The quantitative estimate of drug-likeness (QED) is 0.908. The van der Waals surface area contributed by atoms with Gasteiger partial charge >= 0.3 is 0 Å². The van der Waals surface area contributed by atoms with Crippen molar-refractivity contribution in [2.45, 2.75) is 37.9 Å². The third-order valence-electron chi connectivity index (χ3n) is 6.13. The summed E-state index contributed by atoms with van der Waals surface area (Å²) in [4.78, 5) is 16.9. The van der Waals surface area contributed by atoms with Gasteiger partial charge < -0.3 is 14.7 Å². The fourth-order valence-electron chi connectivity index (χ4n) is 4.57. The molecule has 5 nitrogen and oxygen atoms in total. The van der Waals surface area contributed by atoms with E-state index in [-0.39, 0.29) is 23.5 Å². The van der Waals surface area contributed by atoms with E-state index in [0.717, 1.165) is 70.6 Å². The van der Waals surface area contributed by atoms with Crippen LogP contribution < -0.4 is 0 Å². The zero-order chi connectivity index (χ0) is 17.3. The predicted octanol–water partition coefficient (Wildman–Crippen LogP) is 1.76. The average molecular weight is 344 g/mol. The summed E-state index contributed by atoms with van der Waals surface area (Å²) < 4.78 is 6.10. The van der Waals surface area contributed by atoms with E-state index in [2.05, 4.69) is 4.90 Å². The normalized spacial score (nSPS) is 29.4. The summed E-state index contributed by atoms with van der Waals surface area (Å²) in [5, 5.41) is 9.67. The third-order valence-corrected chi connectivity index (χ3v) is 6.13. The fourth-order valence-corrected chi connectivity index (χ4v) is 4.57. The van der Waals surface area contributed by atoms with E-state index in [4.69, 9.17) is 4.74 Å². The van der Waals surface area contributed by atoms with Gasteiger partial charge in [-0.1, -0.05) is 18.2 Å². The van der Waals surface area contributed by atoms with Crippen molar-refractivity contribution in [1.29, 1.82) is 0 Å². The van der Waals surface area contributed by atoms with E-state index in [1.807, 2.05) is 35.2 Å². The lowest BCUT2D eigenvalue weighted by Gasteiger charge is -2.38. The van der Waals surface area contributed by atoms with Crippen molar-refractivity contribution in [2.24, 2.45) is 5.41 Å². The smallest absolute Gasteiger partial charge is 0.253 e. The molecule has 0 unspecified atom stereocenters. The molecule has 2 atom stereocenters. The molecule has 136 valence electrons. The molecule has 0 radical (unpaired) electrons. The Morgan fingerprint density at radius 1 is 1.20 bits per heavy atom. The van der Waals surface area contributed by atoms with Crippen molar-refractivity contribution in [1.82, 2.24) is 9.80 Å². The monoisotopic (exact) mass is 344 g/mol. The Hall–Kier alpha value is -1.43. The topological polar surface area (TPSA) is 53.0 Å². The lowest BCUT2D eigenvalue weighted by Crippen LogP contribution is -2.43. The number of piperidine rings is 1. The Morgan fingerprint density at radius 3 is 2.64 bits per heavy atom. The van der Waals surface area contributed by atoms with Crippen LogP contribution in [-0.4, -0.2) is 72.4 Å². The number of amides is 1. The summed E-state index contributed by atoms with van der Waals surface area (Å²) in [6.07, 6.45) is 4.15. The summed E-state index contributed by atoms with van der Waals surface area (Å²) >= 11 is 0. The highest BCUT2D eigenvalue weighted by Crippen LogP contribution is 2.42. The molecule has 1 N–H and O–H groups in total. The van der Waals surface area contributed by atoms with Crippen molar-refractivity contribution >= 4 is 5.91 Å². The Labute approximate surface area is 149 Å². The molecule has 25 heavy (non-hydrogen) atoms. The molecule has 1 aromatic carbocycles. The number of aliphatic hydroxyl groups excluding tert-OH is 1. The van der Waals surface area contributed by atoms with Crippen LogP contribution in [0.15, 0.2) is 30.3 Å². The maximum Gasteiger partial charge on any atom is 0.253 e. The average Bonchev–Trinajstić information content (AvgIpc) is 3.22. The van der Waals surface area contributed by atoms with Gasteiger partial charge in [0.15, 0.2) is 0 Å². The second-order valence-corrected chi connectivity index (χ2v) is 8.00. The molecule has 3 fully saturated rings. The third kappa shape index (κ3) is 3.73. The molecule has 5 heteroatoms. The number of nitrogens with zero attached hydrogens (tertiary/aromatic N) is 2. The van der Waals surface area contributed by atoms with Crippen molar-refractivity contribution < 1.29 is 14.6 Å². The molecule has 4 rings (SSSR count). The molecule has 1 aromatic rings. The van der Waals surface area contributed by atoms with Crippen molar-refractivity contribution in [3.8, 4) is 0 Å². The van der Waals surface area contributed by atoms with E-state index in [1.165, 1.54) is 0 Å². The molecule has 0 aliphatic carbocycles. The Morgan fingerprint density at radius 2 is 1.96 bits per heavy atom. The zero-order valence-electron chi connectivity index (χ0n) is 14.8. The molecule has 3 heterocycles. The standard InChI is InChI=1S/C20H28N2O3/c23-17-6-9-21(13-17)14-18-12-20(15-25-18)7-10-22(11-8-20)19(24)16-4-2-1-3-5-16/h1-5,17-18,23H,6-15H2/t17-,18+/m0/s1. The Bertz CT molecular complexity index is 598. The second-order valence-electron chi connectivity index (χ2n) is 8.00. The van der Waals surface area contributed by atoms with Gasteiger partial charge in [-0.15, -0.1) is 0 Å². The predicted molar refractivity (Wildman–Crippen MR) is 95.4 cm³/mol.